The third kappa shape index (κ3) is 4.46. The molecule has 31 heavy (non-hydrogen) atoms. The number of thiocarbonyl (C=S) groups is 1. The van der Waals surface area contributed by atoms with Crippen molar-refractivity contribution in [2.75, 3.05) is 5.32 Å². The van der Waals surface area contributed by atoms with Gasteiger partial charge in [0.1, 0.15) is 16.0 Å². The average Bonchev–Trinajstić information content (AvgIpc) is 3.29. The van der Waals surface area contributed by atoms with Crippen molar-refractivity contribution in [2.45, 2.75) is 40.0 Å². The summed E-state index contributed by atoms with van der Waals surface area (Å²) in [6.45, 7) is 6.73. The van der Waals surface area contributed by atoms with Gasteiger partial charge in [-0.05, 0) is 66.6 Å². The third-order valence-electron chi connectivity index (χ3n) is 5.71. The number of hydrogen-bond acceptors (Lipinski definition) is 7. The van der Waals surface area contributed by atoms with Crippen LogP contribution in [-0.2, 0) is 12.8 Å². The van der Waals surface area contributed by atoms with Gasteiger partial charge in [0.2, 0.25) is 0 Å². The number of carbonyl (C=O) groups excluding carboxylic acids is 2. The Morgan fingerprint density at radius 2 is 1.97 bits per heavy atom. The van der Waals surface area contributed by atoms with Gasteiger partial charge in [-0.1, -0.05) is 20.8 Å². The molecule has 1 aliphatic carbocycles. The highest BCUT2D eigenvalue weighted by Crippen LogP contribution is 2.44. The molecule has 1 aromatic carbocycles. The number of primary amides is 1. The number of aromatic nitrogens is 2. The summed E-state index contributed by atoms with van der Waals surface area (Å²) in [5.41, 5.74) is 9.22. The molecule has 0 fully saturated rings. The first kappa shape index (κ1) is 21.8. The topological polar surface area (TPSA) is 110 Å². The summed E-state index contributed by atoms with van der Waals surface area (Å²) >= 11 is 7.94. The molecule has 2 heterocycles. The van der Waals surface area contributed by atoms with E-state index >= 15 is 0 Å². The maximum Gasteiger partial charge on any atom is 0.257 e. The van der Waals surface area contributed by atoms with Crippen LogP contribution in [0.15, 0.2) is 18.2 Å². The zero-order valence-corrected chi connectivity index (χ0v) is 19.9. The van der Waals surface area contributed by atoms with Gasteiger partial charge in [0, 0.05) is 10.4 Å². The van der Waals surface area contributed by atoms with Crippen molar-refractivity contribution in [2.24, 2.45) is 17.1 Å². The second kappa shape index (κ2) is 8.25. The fraction of sp³-hybridized carbons (Fsp3) is 0.381. The number of amides is 2. The maximum absolute atomic E-state index is 12.6. The molecule has 0 aliphatic heterocycles. The Morgan fingerprint density at radius 3 is 2.68 bits per heavy atom. The number of thiophene rings is 1. The second-order valence-electron chi connectivity index (χ2n) is 8.75. The van der Waals surface area contributed by atoms with Gasteiger partial charge in [0.05, 0.1) is 17.3 Å². The molecule has 162 valence electrons. The van der Waals surface area contributed by atoms with Gasteiger partial charge < -0.3 is 11.1 Å². The molecule has 0 saturated heterocycles. The van der Waals surface area contributed by atoms with Crippen LogP contribution < -0.4 is 16.4 Å². The summed E-state index contributed by atoms with van der Waals surface area (Å²) in [5, 5.41) is 6.41. The number of nitrogens with one attached hydrogen (secondary N) is 2. The number of hydrogen-bond donors (Lipinski definition) is 3. The van der Waals surface area contributed by atoms with E-state index < -0.39 is 5.91 Å². The number of rotatable bonds is 3. The second-order valence-corrected chi connectivity index (χ2v) is 10.8. The van der Waals surface area contributed by atoms with Gasteiger partial charge in [-0.2, -0.15) is 8.75 Å². The molecule has 4 rings (SSSR count). The van der Waals surface area contributed by atoms with Crippen LogP contribution in [-0.4, -0.2) is 25.7 Å². The number of carbonyl (C=O) groups is 2. The quantitative estimate of drug-likeness (QED) is 0.494. The van der Waals surface area contributed by atoms with Crippen LogP contribution in [0, 0.1) is 11.3 Å². The minimum Gasteiger partial charge on any atom is -0.365 e. The molecule has 7 nitrogen and oxygen atoms in total. The van der Waals surface area contributed by atoms with E-state index in [1.807, 2.05) is 0 Å². The van der Waals surface area contributed by atoms with Gasteiger partial charge >= 0.3 is 0 Å². The molecule has 3 aromatic rings. The summed E-state index contributed by atoms with van der Waals surface area (Å²) in [7, 11) is 0. The molecule has 0 spiro atoms. The number of nitrogens with zero attached hydrogens (tertiary/aromatic N) is 2. The monoisotopic (exact) mass is 473 g/mol. The highest BCUT2D eigenvalue weighted by atomic mass is 32.1. The Labute approximate surface area is 193 Å². The Morgan fingerprint density at radius 1 is 1.23 bits per heavy atom. The van der Waals surface area contributed by atoms with E-state index in [0.717, 1.165) is 46.9 Å². The molecule has 10 heteroatoms. The Bertz CT molecular complexity index is 1190. The Hall–Kier alpha value is -2.43. The van der Waals surface area contributed by atoms with Crippen molar-refractivity contribution >= 4 is 68.2 Å². The lowest BCUT2D eigenvalue weighted by Gasteiger charge is -2.33. The van der Waals surface area contributed by atoms with Crippen molar-refractivity contribution in [1.82, 2.24) is 14.1 Å². The van der Waals surface area contributed by atoms with Crippen LogP contribution in [0.5, 0.6) is 0 Å². The van der Waals surface area contributed by atoms with Crippen LogP contribution in [0.4, 0.5) is 5.00 Å². The lowest BCUT2D eigenvalue weighted by atomic mass is 9.72. The van der Waals surface area contributed by atoms with Gasteiger partial charge in [-0.15, -0.1) is 11.3 Å². The predicted molar refractivity (Wildman–Crippen MR) is 129 cm³/mol. The summed E-state index contributed by atoms with van der Waals surface area (Å²) in [6, 6.07) is 5.09. The lowest BCUT2D eigenvalue weighted by molar-refractivity contribution is 0.0975. The first-order valence-corrected chi connectivity index (χ1v) is 11.9. The standard InChI is InChI=1S/C21H23N5O2S3/c1-21(2,3)11-5-6-12-15(9-11)30-19(16(12)17(22)27)24-20(29)23-18(28)10-4-7-13-14(8-10)26-31-25-13/h4,7-8,11H,5-6,9H2,1-3H3,(H2,22,27)(H2,23,24,28,29). The molecule has 0 radical (unpaired) electrons. The first-order chi connectivity index (χ1) is 14.6. The highest BCUT2D eigenvalue weighted by molar-refractivity contribution is 7.80. The smallest absolute Gasteiger partial charge is 0.257 e. The van der Waals surface area contributed by atoms with Crippen LogP contribution in [0.2, 0.25) is 0 Å². The van der Waals surface area contributed by atoms with Gasteiger partial charge in [-0.25, -0.2) is 0 Å². The summed E-state index contributed by atoms with van der Waals surface area (Å²) in [4.78, 5) is 26.0. The summed E-state index contributed by atoms with van der Waals surface area (Å²) in [5.74, 6) is -0.305. The van der Waals surface area contributed by atoms with Crippen molar-refractivity contribution in [3.63, 3.8) is 0 Å². The molecule has 0 bridgehead atoms. The van der Waals surface area contributed by atoms with Crippen molar-refractivity contribution in [3.05, 3.63) is 39.8 Å². The van der Waals surface area contributed by atoms with Crippen molar-refractivity contribution in [1.29, 1.82) is 0 Å². The number of anilines is 1. The van der Waals surface area contributed by atoms with E-state index in [0.29, 0.717) is 27.6 Å². The Balaban J connectivity index is 1.52. The summed E-state index contributed by atoms with van der Waals surface area (Å²) < 4.78 is 8.29. The maximum atomic E-state index is 12.6. The fourth-order valence-corrected chi connectivity index (χ4v) is 6.02. The molecule has 2 aromatic heterocycles. The number of nitrogens with two attached hydrogens (primary N) is 1. The number of benzene rings is 1. The largest absolute Gasteiger partial charge is 0.365 e. The molecule has 2 amide bonds. The van der Waals surface area contributed by atoms with Crippen LogP contribution in [0.1, 0.15) is 58.3 Å². The Kier molecular flexibility index (Phi) is 5.80. The van der Waals surface area contributed by atoms with Gasteiger partial charge in [-0.3, -0.25) is 14.9 Å². The number of fused-ring (bicyclic) bond motifs is 2. The molecular weight excluding hydrogens is 450 g/mol. The molecule has 1 aliphatic rings. The SMILES string of the molecule is CC(C)(C)C1CCc2c(sc(NC(=S)NC(=O)c3ccc4nsnc4c3)c2C(N)=O)C1. The van der Waals surface area contributed by atoms with Gasteiger partial charge in [0.15, 0.2) is 5.11 Å². The van der Waals surface area contributed by atoms with E-state index in [-0.39, 0.29) is 16.4 Å². The van der Waals surface area contributed by atoms with Crippen molar-refractivity contribution < 1.29 is 9.59 Å². The molecule has 0 saturated carbocycles. The summed E-state index contributed by atoms with van der Waals surface area (Å²) in [6.07, 6.45) is 2.74. The van der Waals surface area contributed by atoms with Crippen LogP contribution in [0.25, 0.3) is 11.0 Å². The lowest BCUT2D eigenvalue weighted by Crippen LogP contribution is -2.34. The molecule has 1 atom stereocenters. The highest BCUT2D eigenvalue weighted by Gasteiger charge is 2.33. The molecule has 4 N–H and O–H groups in total. The van der Waals surface area contributed by atoms with Crippen LogP contribution >= 0.6 is 35.3 Å². The van der Waals surface area contributed by atoms with Crippen molar-refractivity contribution in [3.8, 4) is 0 Å². The van der Waals surface area contributed by atoms with E-state index in [1.54, 1.807) is 18.2 Å². The predicted octanol–water partition coefficient (Wildman–Crippen LogP) is 4.13. The normalized spacial score (nSPS) is 16.0. The van der Waals surface area contributed by atoms with Gasteiger partial charge in [0.25, 0.3) is 11.8 Å². The molecular formula is C21H23N5O2S3. The van der Waals surface area contributed by atoms with E-state index in [9.17, 15) is 9.59 Å². The minimum absolute atomic E-state index is 0.120. The zero-order valence-electron chi connectivity index (χ0n) is 17.4. The van der Waals surface area contributed by atoms with E-state index in [1.165, 1.54) is 11.3 Å². The third-order valence-corrected chi connectivity index (χ3v) is 7.64. The van der Waals surface area contributed by atoms with E-state index in [4.69, 9.17) is 18.0 Å². The molecule has 1 unspecified atom stereocenters. The fourth-order valence-electron chi connectivity index (χ4n) is 3.91. The average molecular weight is 474 g/mol. The van der Waals surface area contributed by atoms with Crippen LogP contribution in [0.3, 0.4) is 0 Å². The van der Waals surface area contributed by atoms with E-state index in [2.05, 4.69) is 40.2 Å². The first-order valence-electron chi connectivity index (χ1n) is 9.92. The minimum atomic E-state index is -0.482. The zero-order chi connectivity index (χ0) is 22.3.